The Labute approximate surface area is 153 Å². The summed E-state index contributed by atoms with van der Waals surface area (Å²) in [5.41, 5.74) is 1.57. The number of fused-ring (bicyclic) bond motifs is 1. The van der Waals surface area contributed by atoms with E-state index >= 15 is 0 Å². The van der Waals surface area contributed by atoms with E-state index in [4.69, 9.17) is 0 Å². The summed E-state index contributed by atoms with van der Waals surface area (Å²) in [6, 6.07) is 3.87. The Bertz CT molecular complexity index is 723. The van der Waals surface area contributed by atoms with Gasteiger partial charge in [0.15, 0.2) is 0 Å². The molecule has 0 bridgehead atoms. The molecule has 0 spiro atoms. The monoisotopic (exact) mass is 362 g/mol. The van der Waals surface area contributed by atoms with Crippen molar-refractivity contribution in [3.8, 4) is 0 Å². The quantitative estimate of drug-likeness (QED) is 0.835. The molecule has 1 aliphatic rings. The highest BCUT2D eigenvalue weighted by Crippen LogP contribution is 2.30. The minimum absolute atomic E-state index is 0.0204. The molecule has 2 N–H and O–H groups in total. The third kappa shape index (κ3) is 4.53. The van der Waals surface area contributed by atoms with Crippen LogP contribution >= 0.6 is 0 Å². The fraction of sp³-hybridized carbons (Fsp3) is 0.526. The number of hydrogen-bond acceptors (Lipinski definition) is 4. The van der Waals surface area contributed by atoms with Gasteiger partial charge in [-0.25, -0.2) is 4.79 Å². The maximum atomic E-state index is 13.0. The number of likely N-dealkylation sites (N-methyl/N-ethyl adjacent to an activating group) is 1. The van der Waals surface area contributed by atoms with Crippen LogP contribution in [0.5, 0.6) is 0 Å². The summed E-state index contributed by atoms with van der Waals surface area (Å²) in [6.07, 6.45) is 0.456. The summed E-state index contributed by atoms with van der Waals surface area (Å²) in [6.45, 7) is 6.99. The lowest BCUT2D eigenvalue weighted by Crippen LogP contribution is -2.46. The first-order chi connectivity index (χ1) is 12.0. The van der Waals surface area contributed by atoms with Gasteiger partial charge in [-0.15, -0.1) is 0 Å². The predicted molar refractivity (Wildman–Crippen MR) is 97.3 cm³/mol. The molecule has 1 aromatic rings. The predicted octanol–water partition coefficient (Wildman–Crippen LogP) is 2.44. The topological polar surface area (TPSA) is 98.2 Å². The maximum Gasteiger partial charge on any atom is 0.335 e. The SMILES string of the molecule is CN1c2ccc(C(=O)O)cc2CN(CCC(C)(C)C)C(=O)C1CC(=O)O. The van der Waals surface area contributed by atoms with Crippen LogP contribution < -0.4 is 4.90 Å². The average Bonchev–Trinajstić information content (AvgIpc) is 2.62. The van der Waals surface area contributed by atoms with Gasteiger partial charge in [0.25, 0.3) is 0 Å². The Kier molecular flexibility index (Phi) is 5.59. The fourth-order valence-corrected chi connectivity index (χ4v) is 3.07. The van der Waals surface area contributed by atoms with Crippen LogP contribution in [0, 0.1) is 5.41 Å². The van der Waals surface area contributed by atoms with Gasteiger partial charge in [-0.1, -0.05) is 20.8 Å². The molecular formula is C19H26N2O5. The summed E-state index contributed by atoms with van der Waals surface area (Å²) < 4.78 is 0. The van der Waals surface area contributed by atoms with Crippen LogP contribution in [0.4, 0.5) is 5.69 Å². The second-order valence-electron chi connectivity index (χ2n) is 7.94. The molecule has 0 radical (unpaired) electrons. The molecule has 1 unspecified atom stereocenters. The first kappa shape index (κ1) is 19.8. The molecule has 0 saturated heterocycles. The Balaban J connectivity index is 2.44. The van der Waals surface area contributed by atoms with E-state index in [-0.39, 0.29) is 29.9 Å². The van der Waals surface area contributed by atoms with Crippen molar-refractivity contribution in [1.29, 1.82) is 0 Å². The van der Waals surface area contributed by atoms with Crippen LogP contribution in [0.3, 0.4) is 0 Å². The Hall–Kier alpha value is -2.57. The minimum atomic E-state index is -1.04. The summed E-state index contributed by atoms with van der Waals surface area (Å²) in [5, 5.41) is 18.5. The van der Waals surface area contributed by atoms with Gasteiger partial charge in [0, 0.05) is 25.8 Å². The number of nitrogens with zero attached hydrogens (tertiary/aromatic N) is 2. The van der Waals surface area contributed by atoms with E-state index in [1.165, 1.54) is 6.07 Å². The van der Waals surface area contributed by atoms with Gasteiger partial charge >= 0.3 is 11.9 Å². The van der Waals surface area contributed by atoms with E-state index in [1.807, 2.05) is 0 Å². The molecule has 7 heteroatoms. The Morgan fingerprint density at radius 2 is 1.88 bits per heavy atom. The van der Waals surface area contributed by atoms with Crippen molar-refractivity contribution in [2.45, 2.75) is 46.2 Å². The third-order valence-corrected chi connectivity index (χ3v) is 4.63. The van der Waals surface area contributed by atoms with Crippen molar-refractivity contribution in [3.63, 3.8) is 0 Å². The molecule has 0 aliphatic carbocycles. The standard InChI is InChI=1S/C19H26N2O5/c1-19(2,3)7-8-21-11-13-9-12(18(25)26)5-6-14(13)20(4)15(17(21)24)10-16(22)23/h5-6,9,15H,7-8,10-11H2,1-4H3,(H,22,23)(H,25,26). The van der Waals surface area contributed by atoms with Crippen LogP contribution in [-0.2, 0) is 16.1 Å². The molecule has 2 rings (SSSR count). The molecular weight excluding hydrogens is 336 g/mol. The zero-order chi connectivity index (χ0) is 19.6. The summed E-state index contributed by atoms with van der Waals surface area (Å²) >= 11 is 0. The number of benzene rings is 1. The zero-order valence-electron chi connectivity index (χ0n) is 15.7. The van der Waals surface area contributed by atoms with Crippen LogP contribution in [-0.4, -0.2) is 52.6 Å². The lowest BCUT2D eigenvalue weighted by atomic mass is 9.92. The molecule has 26 heavy (non-hydrogen) atoms. The first-order valence-electron chi connectivity index (χ1n) is 8.59. The van der Waals surface area contributed by atoms with Crippen LogP contribution in [0.15, 0.2) is 18.2 Å². The van der Waals surface area contributed by atoms with Gasteiger partial charge in [-0.05, 0) is 35.6 Å². The largest absolute Gasteiger partial charge is 0.481 e. The van der Waals surface area contributed by atoms with Crippen LogP contribution in [0.2, 0.25) is 0 Å². The van der Waals surface area contributed by atoms with Crippen molar-refractivity contribution in [3.05, 3.63) is 29.3 Å². The molecule has 1 heterocycles. The molecule has 0 fully saturated rings. The average molecular weight is 362 g/mol. The second-order valence-corrected chi connectivity index (χ2v) is 7.94. The summed E-state index contributed by atoms with van der Waals surface area (Å²) in [4.78, 5) is 38.9. The lowest BCUT2D eigenvalue weighted by molar-refractivity contribution is -0.142. The highest BCUT2D eigenvalue weighted by atomic mass is 16.4. The van der Waals surface area contributed by atoms with E-state index in [0.717, 1.165) is 6.42 Å². The maximum absolute atomic E-state index is 13.0. The van der Waals surface area contributed by atoms with Gasteiger partial charge in [-0.3, -0.25) is 9.59 Å². The number of carboxylic acids is 2. The molecule has 1 atom stereocenters. The van der Waals surface area contributed by atoms with Crippen molar-refractivity contribution < 1.29 is 24.6 Å². The summed E-state index contributed by atoms with van der Waals surface area (Å²) in [5.74, 6) is -2.32. The number of carbonyl (C=O) groups excluding carboxylic acids is 1. The molecule has 1 aromatic carbocycles. The van der Waals surface area contributed by atoms with Crippen molar-refractivity contribution in [2.24, 2.45) is 5.41 Å². The number of hydrogen-bond donors (Lipinski definition) is 2. The molecule has 7 nitrogen and oxygen atoms in total. The van der Waals surface area contributed by atoms with E-state index in [1.54, 1.807) is 29.0 Å². The molecule has 1 amide bonds. The Morgan fingerprint density at radius 3 is 2.42 bits per heavy atom. The molecule has 0 aromatic heterocycles. The number of aromatic carboxylic acids is 1. The number of amides is 1. The van der Waals surface area contributed by atoms with Crippen LogP contribution in [0.25, 0.3) is 0 Å². The number of aliphatic carboxylic acids is 1. The lowest BCUT2D eigenvalue weighted by Gasteiger charge is -2.30. The number of carboxylic acid groups (broad SMARTS) is 2. The zero-order valence-corrected chi connectivity index (χ0v) is 15.7. The highest BCUT2D eigenvalue weighted by Gasteiger charge is 2.35. The van der Waals surface area contributed by atoms with Crippen molar-refractivity contribution >= 4 is 23.5 Å². The summed E-state index contributed by atoms with van der Waals surface area (Å²) in [7, 11) is 1.68. The Morgan fingerprint density at radius 1 is 1.23 bits per heavy atom. The highest BCUT2D eigenvalue weighted by molar-refractivity contribution is 5.92. The van der Waals surface area contributed by atoms with Gasteiger partial charge in [0.05, 0.1) is 12.0 Å². The minimum Gasteiger partial charge on any atom is -0.481 e. The van der Waals surface area contributed by atoms with Gasteiger partial charge in [0.2, 0.25) is 5.91 Å². The normalized spacial score (nSPS) is 17.7. The third-order valence-electron chi connectivity index (χ3n) is 4.63. The number of rotatable bonds is 5. The molecule has 142 valence electrons. The number of anilines is 1. The van der Waals surface area contributed by atoms with Gasteiger partial charge in [-0.2, -0.15) is 0 Å². The van der Waals surface area contributed by atoms with Gasteiger partial charge in [0.1, 0.15) is 6.04 Å². The van der Waals surface area contributed by atoms with Crippen molar-refractivity contribution in [2.75, 3.05) is 18.5 Å². The number of carbonyl (C=O) groups is 3. The van der Waals surface area contributed by atoms with E-state index in [0.29, 0.717) is 17.8 Å². The smallest absolute Gasteiger partial charge is 0.335 e. The van der Waals surface area contributed by atoms with Crippen LogP contribution in [0.1, 0.15) is 49.5 Å². The van der Waals surface area contributed by atoms with E-state index < -0.39 is 18.0 Å². The van der Waals surface area contributed by atoms with Crippen molar-refractivity contribution in [1.82, 2.24) is 4.90 Å². The fourth-order valence-electron chi connectivity index (χ4n) is 3.07. The first-order valence-corrected chi connectivity index (χ1v) is 8.59. The van der Waals surface area contributed by atoms with E-state index in [2.05, 4.69) is 20.8 Å². The molecule has 1 aliphatic heterocycles. The van der Waals surface area contributed by atoms with Gasteiger partial charge < -0.3 is 20.0 Å². The molecule has 0 saturated carbocycles. The van der Waals surface area contributed by atoms with E-state index in [9.17, 15) is 24.6 Å². The second kappa shape index (κ2) is 7.35.